The first-order valence-electron chi connectivity index (χ1n) is 9.50. The Labute approximate surface area is 159 Å². The predicted octanol–water partition coefficient (Wildman–Crippen LogP) is 3.85. The Hall–Kier alpha value is -2.13. The van der Waals surface area contributed by atoms with Crippen LogP contribution in [0.2, 0.25) is 0 Å². The average Bonchev–Trinajstić information content (AvgIpc) is 2.71. The van der Waals surface area contributed by atoms with Crippen molar-refractivity contribution in [1.29, 1.82) is 0 Å². The molecule has 0 spiro atoms. The zero-order chi connectivity index (χ0) is 18.2. The Balaban J connectivity index is 2.23. The van der Waals surface area contributed by atoms with Crippen molar-refractivity contribution in [2.45, 2.75) is 32.6 Å². The zero-order valence-electron chi connectivity index (χ0n) is 15.4. The summed E-state index contributed by atoms with van der Waals surface area (Å²) >= 11 is -3.40. The van der Waals surface area contributed by atoms with Crippen LogP contribution in [0.4, 0.5) is 0 Å². The molecule has 0 amide bonds. The van der Waals surface area contributed by atoms with E-state index in [0.717, 1.165) is 19.3 Å². The van der Waals surface area contributed by atoms with Crippen LogP contribution >= 0.6 is 0 Å². The summed E-state index contributed by atoms with van der Waals surface area (Å²) in [6.45, 7) is 2.19. The monoisotopic (exact) mass is 404 g/mol. The quantitative estimate of drug-likeness (QED) is 0.413. The van der Waals surface area contributed by atoms with Gasteiger partial charge in [-0.1, -0.05) is 0 Å². The molecular formula is C24H26GeO. The number of carbonyl (C=O) groups is 1. The number of hydrogen-bond acceptors (Lipinski definition) is 1. The Morgan fingerprint density at radius 3 is 1.38 bits per heavy atom. The van der Waals surface area contributed by atoms with Crippen LogP contribution in [0.1, 0.15) is 32.6 Å². The maximum atomic E-state index is 13.8. The fourth-order valence-corrected chi connectivity index (χ4v) is 13.4. The first-order chi connectivity index (χ1) is 12.8. The second-order valence-electron chi connectivity index (χ2n) is 6.73. The van der Waals surface area contributed by atoms with E-state index in [-0.39, 0.29) is 0 Å². The van der Waals surface area contributed by atoms with E-state index in [1.165, 1.54) is 13.2 Å². The van der Waals surface area contributed by atoms with Crippen LogP contribution in [0.3, 0.4) is 0 Å². The van der Waals surface area contributed by atoms with Crippen LogP contribution in [-0.4, -0.2) is 17.9 Å². The van der Waals surface area contributed by atoms with E-state index in [1.54, 1.807) is 0 Å². The molecule has 0 saturated heterocycles. The SMILES string of the molecule is CCCCC[C](=O)[Ge]([c]1ccccc1)([c]1ccccc1)[c]1ccccc1. The van der Waals surface area contributed by atoms with Crippen molar-refractivity contribution in [2.75, 3.05) is 0 Å². The molecule has 0 aromatic heterocycles. The van der Waals surface area contributed by atoms with Crippen molar-refractivity contribution >= 4 is 31.1 Å². The number of unbranched alkanes of at least 4 members (excludes halogenated alkanes) is 2. The number of carbonyl (C=O) groups excluding carboxylic acids is 1. The molecule has 0 saturated carbocycles. The van der Waals surface area contributed by atoms with E-state index >= 15 is 0 Å². The molecule has 2 heteroatoms. The van der Waals surface area contributed by atoms with Crippen molar-refractivity contribution in [3.8, 4) is 0 Å². The van der Waals surface area contributed by atoms with Gasteiger partial charge >= 0.3 is 159 Å². The molecule has 0 N–H and O–H groups in total. The summed E-state index contributed by atoms with van der Waals surface area (Å²) in [4.78, 5) is 13.8. The zero-order valence-corrected chi connectivity index (χ0v) is 17.5. The summed E-state index contributed by atoms with van der Waals surface area (Å²) in [5.74, 6) is 0. The van der Waals surface area contributed by atoms with Crippen molar-refractivity contribution in [3.63, 3.8) is 0 Å². The number of rotatable bonds is 8. The molecule has 0 aliphatic rings. The second-order valence-corrected chi connectivity index (χ2v) is 14.7. The molecule has 3 aromatic carbocycles. The average molecular weight is 403 g/mol. The van der Waals surface area contributed by atoms with Gasteiger partial charge in [0.05, 0.1) is 0 Å². The number of benzene rings is 3. The molecule has 0 bridgehead atoms. The van der Waals surface area contributed by atoms with Crippen molar-refractivity contribution in [1.82, 2.24) is 0 Å². The van der Waals surface area contributed by atoms with Gasteiger partial charge in [-0.05, 0) is 0 Å². The third-order valence-corrected chi connectivity index (χ3v) is 14.9. The summed E-state index contributed by atoms with van der Waals surface area (Å²) < 4.78 is 4.14. The van der Waals surface area contributed by atoms with Gasteiger partial charge in [0.15, 0.2) is 0 Å². The van der Waals surface area contributed by atoms with E-state index in [1.807, 2.05) is 18.2 Å². The molecule has 132 valence electrons. The van der Waals surface area contributed by atoms with Crippen LogP contribution in [0.25, 0.3) is 0 Å². The predicted molar refractivity (Wildman–Crippen MR) is 113 cm³/mol. The van der Waals surface area contributed by atoms with Gasteiger partial charge in [0, 0.05) is 0 Å². The second kappa shape index (κ2) is 9.00. The molecule has 0 heterocycles. The Morgan fingerprint density at radius 1 is 0.654 bits per heavy atom. The first kappa shape index (κ1) is 18.7. The molecule has 1 nitrogen and oxygen atoms in total. The minimum absolute atomic E-state index is 0.460. The molecule has 0 aliphatic heterocycles. The molecule has 3 aromatic rings. The standard InChI is InChI=1S/C24H26GeO/c1-2-3-7-20-24(26)25(21-14-8-4-9-15-21,22-16-10-5-11-17-22)23-18-12-6-13-19-23/h4-6,8-19H,2-3,7,20H2,1H3. The van der Waals surface area contributed by atoms with Crippen LogP contribution in [0.15, 0.2) is 91.0 Å². The van der Waals surface area contributed by atoms with Crippen LogP contribution in [0, 0.1) is 0 Å². The fourth-order valence-electron chi connectivity index (χ4n) is 3.77. The Morgan fingerprint density at radius 2 is 1.04 bits per heavy atom. The summed E-state index contributed by atoms with van der Waals surface area (Å²) in [5, 5.41) is 0. The Bertz CT molecular complexity index is 716. The van der Waals surface area contributed by atoms with Gasteiger partial charge in [0.25, 0.3) is 0 Å². The van der Waals surface area contributed by atoms with Gasteiger partial charge in [-0.2, -0.15) is 0 Å². The molecule has 3 rings (SSSR count). The topological polar surface area (TPSA) is 17.1 Å². The van der Waals surface area contributed by atoms with Gasteiger partial charge < -0.3 is 0 Å². The minimum atomic E-state index is -3.40. The van der Waals surface area contributed by atoms with Crippen molar-refractivity contribution in [2.24, 2.45) is 0 Å². The van der Waals surface area contributed by atoms with Gasteiger partial charge in [-0.25, -0.2) is 0 Å². The normalized spacial score (nSPS) is 11.3. The van der Waals surface area contributed by atoms with E-state index in [0.29, 0.717) is 11.0 Å². The Kier molecular flexibility index (Phi) is 6.46. The number of hydrogen-bond donors (Lipinski definition) is 0. The first-order valence-corrected chi connectivity index (χ1v) is 13.7. The summed E-state index contributed by atoms with van der Waals surface area (Å²) in [7, 11) is 0. The summed E-state index contributed by atoms with van der Waals surface area (Å²) in [6, 6.07) is 31.5. The third kappa shape index (κ3) is 3.68. The molecule has 0 radical (unpaired) electrons. The van der Waals surface area contributed by atoms with Gasteiger partial charge in [-0.15, -0.1) is 0 Å². The maximum absolute atomic E-state index is 13.8. The summed E-state index contributed by atoms with van der Waals surface area (Å²) in [6.07, 6.45) is 3.90. The molecule has 0 fully saturated rings. The molecule has 26 heavy (non-hydrogen) atoms. The van der Waals surface area contributed by atoms with Crippen LogP contribution in [0.5, 0.6) is 0 Å². The van der Waals surface area contributed by atoms with E-state index in [2.05, 4.69) is 79.7 Å². The third-order valence-electron chi connectivity index (χ3n) is 5.05. The molecule has 0 aliphatic carbocycles. The van der Waals surface area contributed by atoms with Crippen LogP contribution < -0.4 is 13.2 Å². The molecule has 0 atom stereocenters. The van der Waals surface area contributed by atoms with Crippen molar-refractivity contribution < 1.29 is 4.79 Å². The van der Waals surface area contributed by atoms with E-state index in [9.17, 15) is 4.79 Å². The van der Waals surface area contributed by atoms with Gasteiger partial charge in [-0.3, -0.25) is 0 Å². The van der Waals surface area contributed by atoms with Gasteiger partial charge in [0.1, 0.15) is 0 Å². The molecule has 0 unspecified atom stereocenters. The van der Waals surface area contributed by atoms with Gasteiger partial charge in [0.2, 0.25) is 0 Å². The summed E-state index contributed by atoms with van der Waals surface area (Å²) in [5.41, 5.74) is 0. The van der Waals surface area contributed by atoms with E-state index in [4.69, 9.17) is 0 Å². The van der Waals surface area contributed by atoms with Crippen LogP contribution in [-0.2, 0) is 4.79 Å². The fraction of sp³-hybridized carbons (Fsp3) is 0.208. The van der Waals surface area contributed by atoms with Crippen molar-refractivity contribution in [3.05, 3.63) is 91.0 Å². The molecular weight excluding hydrogens is 377 g/mol. The van der Waals surface area contributed by atoms with E-state index < -0.39 is 13.3 Å².